The molecule has 106 valence electrons. The Morgan fingerprint density at radius 1 is 1.50 bits per heavy atom. The molecule has 2 aromatic rings. The van der Waals surface area contributed by atoms with Crippen molar-refractivity contribution in [1.82, 2.24) is 14.5 Å². The van der Waals surface area contributed by atoms with E-state index in [1.165, 1.54) is 7.11 Å². The van der Waals surface area contributed by atoms with Gasteiger partial charge in [-0.1, -0.05) is 11.8 Å². The summed E-state index contributed by atoms with van der Waals surface area (Å²) in [4.78, 5) is 30.7. The van der Waals surface area contributed by atoms with Crippen molar-refractivity contribution < 1.29 is 19.4 Å². The highest BCUT2D eigenvalue weighted by Gasteiger charge is 2.17. The number of hydrogen-bond donors (Lipinski definition) is 1. The first kappa shape index (κ1) is 14.3. The number of rotatable bonds is 5. The molecule has 0 aromatic carbocycles. The van der Waals surface area contributed by atoms with Gasteiger partial charge in [-0.15, -0.1) is 0 Å². The largest absolute Gasteiger partial charge is 0.481 e. The zero-order valence-electron chi connectivity index (χ0n) is 11.0. The number of aryl methyl sites for hydroxylation is 1. The lowest BCUT2D eigenvalue weighted by atomic mass is 10.3. The Kier molecular flexibility index (Phi) is 4.23. The van der Waals surface area contributed by atoms with Gasteiger partial charge in [-0.25, -0.2) is 9.97 Å². The molecular formula is C12H13N3O4S. The normalized spacial score (nSPS) is 10.7. The van der Waals surface area contributed by atoms with Crippen LogP contribution >= 0.6 is 11.8 Å². The van der Waals surface area contributed by atoms with Gasteiger partial charge in [-0.05, 0) is 18.6 Å². The first-order valence-corrected chi connectivity index (χ1v) is 6.74. The second-order valence-electron chi connectivity index (χ2n) is 4.04. The molecule has 0 spiro atoms. The molecule has 0 fully saturated rings. The number of carboxylic acid groups (broad SMARTS) is 1. The number of esters is 1. The summed E-state index contributed by atoms with van der Waals surface area (Å²) in [5.41, 5.74) is 2.11. The lowest BCUT2D eigenvalue weighted by molar-refractivity contribution is -0.141. The third-order valence-corrected chi connectivity index (χ3v) is 3.60. The molecule has 0 radical (unpaired) electrons. The van der Waals surface area contributed by atoms with Crippen LogP contribution in [0.2, 0.25) is 0 Å². The minimum atomic E-state index is -0.948. The van der Waals surface area contributed by atoms with E-state index in [0.29, 0.717) is 16.3 Å². The van der Waals surface area contributed by atoms with Crippen molar-refractivity contribution in [3.8, 4) is 0 Å². The SMILES string of the molecule is COC(=O)Cn1c(SCC(=O)O)nc2c(C)ccnc21. The highest BCUT2D eigenvalue weighted by Crippen LogP contribution is 2.24. The van der Waals surface area contributed by atoms with Gasteiger partial charge in [0.25, 0.3) is 0 Å². The Morgan fingerprint density at radius 2 is 2.25 bits per heavy atom. The van der Waals surface area contributed by atoms with Gasteiger partial charge in [0.2, 0.25) is 0 Å². The predicted octanol–water partition coefficient (Wildman–Crippen LogP) is 1.09. The smallest absolute Gasteiger partial charge is 0.325 e. The first-order valence-electron chi connectivity index (χ1n) is 5.76. The van der Waals surface area contributed by atoms with Gasteiger partial charge >= 0.3 is 11.9 Å². The van der Waals surface area contributed by atoms with Crippen molar-refractivity contribution in [2.45, 2.75) is 18.6 Å². The number of nitrogens with zero attached hydrogens (tertiary/aromatic N) is 3. The van der Waals surface area contributed by atoms with Crippen molar-refractivity contribution in [3.63, 3.8) is 0 Å². The molecule has 0 aliphatic carbocycles. The van der Waals surface area contributed by atoms with Crippen LogP contribution in [0.25, 0.3) is 11.2 Å². The molecule has 0 bridgehead atoms. The predicted molar refractivity (Wildman–Crippen MR) is 72.6 cm³/mol. The number of thioether (sulfide) groups is 1. The van der Waals surface area contributed by atoms with E-state index in [9.17, 15) is 9.59 Å². The summed E-state index contributed by atoms with van der Waals surface area (Å²) >= 11 is 1.05. The summed E-state index contributed by atoms with van der Waals surface area (Å²) < 4.78 is 6.21. The molecule has 0 saturated carbocycles. The fourth-order valence-corrected chi connectivity index (χ4v) is 2.41. The van der Waals surface area contributed by atoms with E-state index in [4.69, 9.17) is 5.11 Å². The molecule has 8 heteroatoms. The van der Waals surface area contributed by atoms with Crippen LogP contribution in [0.4, 0.5) is 0 Å². The van der Waals surface area contributed by atoms with E-state index >= 15 is 0 Å². The second-order valence-corrected chi connectivity index (χ2v) is 4.98. The minimum absolute atomic E-state index is 0.0502. The number of pyridine rings is 1. The molecule has 0 aliphatic heterocycles. The van der Waals surface area contributed by atoms with Crippen molar-refractivity contribution in [2.75, 3.05) is 12.9 Å². The Morgan fingerprint density at radius 3 is 2.90 bits per heavy atom. The standard InChI is InChI=1S/C12H13N3O4S/c1-7-3-4-13-11-10(7)14-12(20-6-8(16)17)15(11)5-9(18)19-2/h3-4H,5-6H2,1-2H3,(H,16,17). The Hall–Kier alpha value is -2.09. The molecule has 2 rings (SSSR count). The van der Waals surface area contributed by atoms with Crippen molar-refractivity contribution in [1.29, 1.82) is 0 Å². The van der Waals surface area contributed by atoms with Gasteiger partial charge in [-0.3, -0.25) is 14.2 Å². The summed E-state index contributed by atoms with van der Waals surface area (Å²) in [5, 5.41) is 9.20. The Balaban J connectivity index is 2.47. The number of carbonyl (C=O) groups excluding carboxylic acids is 1. The highest BCUT2D eigenvalue weighted by molar-refractivity contribution is 7.99. The Bertz CT molecular complexity index is 668. The lowest BCUT2D eigenvalue weighted by Crippen LogP contribution is -2.13. The fraction of sp³-hybridized carbons (Fsp3) is 0.333. The summed E-state index contributed by atoms with van der Waals surface area (Å²) in [6.07, 6.45) is 1.62. The summed E-state index contributed by atoms with van der Waals surface area (Å²) in [6, 6.07) is 1.81. The number of aromatic nitrogens is 3. The number of methoxy groups -OCH3 is 1. The third-order valence-electron chi connectivity index (χ3n) is 2.64. The maximum Gasteiger partial charge on any atom is 0.325 e. The van der Waals surface area contributed by atoms with Crippen LogP contribution in [-0.2, 0) is 20.9 Å². The summed E-state index contributed by atoms with van der Waals surface area (Å²) in [5.74, 6) is -1.52. The van der Waals surface area contributed by atoms with Gasteiger partial charge in [0.1, 0.15) is 12.1 Å². The van der Waals surface area contributed by atoms with Crippen molar-refractivity contribution in [3.05, 3.63) is 17.8 Å². The Labute approximate surface area is 119 Å². The van der Waals surface area contributed by atoms with Gasteiger partial charge in [-0.2, -0.15) is 0 Å². The molecule has 0 saturated heterocycles. The number of ether oxygens (including phenoxy) is 1. The summed E-state index contributed by atoms with van der Waals surface area (Å²) in [7, 11) is 1.30. The van der Waals surface area contributed by atoms with E-state index < -0.39 is 11.9 Å². The average Bonchev–Trinajstić information content (AvgIpc) is 2.76. The number of aliphatic carboxylic acids is 1. The van der Waals surface area contributed by atoms with E-state index in [1.54, 1.807) is 10.8 Å². The molecule has 7 nitrogen and oxygen atoms in total. The molecule has 0 unspecified atom stereocenters. The minimum Gasteiger partial charge on any atom is -0.481 e. The molecular weight excluding hydrogens is 282 g/mol. The number of imidazole rings is 1. The number of carboxylic acids is 1. The average molecular weight is 295 g/mol. The second kappa shape index (κ2) is 5.91. The van der Waals surface area contributed by atoms with Crippen LogP contribution in [-0.4, -0.2) is 44.4 Å². The molecule has 0 aliphatic rings. The topological polar surface area (TPSA) is 94.3 Å². The van der Waals surface area contributed by atoms with E-state index in [1.807, 2.05) is 13.0 Å². The van der Waals surface area contributed by atoms with Crippen LogP contribution in [0.5, 0.6) is 0 Å². The van der Waals surface area contributed by atoms with Crippen LogP contribution in [0, 0.1) is 6.92 Å². The highest BCUT2D eigenvalue weighted by atomic mass is 32.2. The number of fused-ring (bicyclic) bond motifs is 1. The quantitative estimate of drug-likeness (QED) is 0.651. The van der Waals surface area contributed by atoms with Gasteiger partial charge in [0.05, 0.1) is 12.9 Å². The third kappa shape index (κ3) is 2.90. The molecule has 20 heavy (non-hydrogen) atoms. The maximum absolute atomic E-state index is 11.5. The van der Waals surface area contributed by atoms with E-state index in [2.05, 4.69) is 14.7 Å². The molecule has 1 N–H and O–H groups in total. The molecule has 0 atom stereocenters. The van der Waals surface area contributed by atoms with Crippen LogP contribution in [0.3, 0.4) is 0 Å². The maximum atomic E-state index is 11.5. The first-order chi connectivity index (χ1) is 9.52. The molecule has 2 heterocycles. The van der Waals surface area contributed by atoms with Crippen LogP contribution in [0.1, 0.15) is 5.56 Å². The summed E-state index contributed by atoms with van der Waals surface area (Å²) in [6.45, 7) is 1.83. The van der Waals surface area contributed by atoms with Crippen molar-refractivity contribution >= 4 is 34.9 Å². The fourth-order valence-electron chi connectivity index (χ4n) is 1.69. The number of carbonyl (C=O) groups is 2. The van der Waals surface area contributed by atoms with Crippen LogP contribution < -0.4 is 0 Å². The van der Waals surface area contributed by atoms with E-state index in [0.717, 1.165) is 17.3 Å². The molecule has 0 amide bonds. The zero-order chi connectivity index (χ0) is 14.7. The van der Waals surface area contributed by atoms with Gasteiger partial charge in [0, 0.05) is 6.20 Å². The van der Waals surface area contributed by atoms with Gasteiger partial charge < -0.3 is 9.84 Å². The van der Waals surface area contributed by atoms with E-state index in [-0.39, 0.29) is 12.3 Å². The van der Waals surface area contributed by atoms with Crippen LogP contribution in [0.15, 0.2) is 17.4 Å². The monoisotopic (exact) mass is 295 g/mol. The lowest BCUT2D eigenvalue weighted by Gasteiger charge is -2.05. The molecule has 2 aromatic heterocycles. The van der Waals surface area contributed by atoms with Gasteiger partial charge in [0.15, 0.2) is 10.8 Å². The number of hydrogen-bond acceptors (Lipinski definition) is 6. The van der Waals surface area contributed by atoms with Crippen molar-refractivity contribution in [2.24, 2.45) is 0 Å². The zero-order valence-corrected chi connectivity index (χ0v) is 11.8.